The molecule has 1 aliphatic heterocycles. The molecule has 0 saturated carbocycles. The molecule has 7 heteroatoms. The van der Waals surface area contributed by atoms with Crippen molar-refractivity contribution in [3.8, 4) is 11.4 Å². The lowest BCUT2D eigenvalue weighted by Gasteiger charge is -2.14. The number of aromatic nitrogens is 3. The van der Waals surface area contributed by atoms with E-state index in [1.54, 1.807) is 24.5 Å². The maximum absolute atomic E-state index is 12.4. The molecule has 4 rings (SSSR count). The van der Waals surface area contributed by atoms with Crippen LogP contribution in [0, 0.1) is 11.8 Å². The molecule has 122 valence electrons. The Morgan fingerprint density at radius 2 is 1.75 bits per heavy atom. The molecule has 2 amide bonds. The highest BCUT2D eigenvalue weighted by molar-refractivity contribution is 6.05. The summed E-state index contributed by atoms with van der Waals surface area (Å²) in [5.41, 5.74) is 0.811. The second-order valence-corrected chi connectivity index (χ2v) is 5.98. The van der Waals surface area contributed by atoms with Crippen molar-refractivity contribution in [2.45, 2.75) is 19.3 Å². The number of carbonyl (C=O) groups is 2. The van der Waals surface area contributed by atoms with Crippen LogP contribution in [0.1, 0.15) is 18.7 Å². The van der Waals surface area contributed by atoms with E-state index in [9.17, 15) is 9.59 Å². The molecule has 0 unspecified atom stereocenters. The molecule has 0 N–H and O–H groups in total. The second kappa shape index (κ2) is 5.99. The van der Waals surface area contributed by atoms with Gasteiger partial charge in [0.05, 0.1) is 11.8 Å². The molecular weight excluding hydrogens is 308 g/mol. The smallest absolute Gasteiger partial charge is 0.233 e. The fraction of sp³-hybridized carbons (Fsp3) is 0.353. The fourth-order valence-corrected chi connectivity index (χ4v) is 3.27. The van der Waals surface area contributed by atoms with Crippen LogP contribution >= 0.6 is 0 Å². The van der Waals surface area contributed by atoms with Crippen molar-refractivity contribution in [3.63, 3.8) is 0 Å². The van der Waals surface area contributed by atoms with Crippen LogP contribution in [0.2, 0.25) is 0 Å². The molecule has 1 saturated heterocycles. The lowest BCUT2D eigenvalue weighted by molar-refractivity contribution is -0.139. The molecular formula is C17H16N4O3. The largest absolute Gasteiger partial charge is 0.339 e. The Balaban J connectivity index is 1.43. The van der Waals surface area contributed by atoms with Gasteiger partial charge in [-0.15, -0.1) is 0 Å². The Morgan fingerprint density at radius 3 is 2.42 bits per heavy atom. The Kier molecular flexibility index (Phi) is 3.68. The minimum Gasteiger partial charge on any atom is -0.339 e. The molecule has 0 radical (unpaired) electrons. The Hall–Kier alpha value is -2.83. The Labute approximate surface area is 138 Å². The highest BCUT2D eigenvalue weighted by Gasteiger charge is 2.46. The molecule has 3 heterocycles. The SMILES string of the molecule is O=C1[C@H]2CC=CC[C@H]2C(=O)N1CCc1nc(-c2ccncc2)no1. The minimum absolute atomic E-state index is 0.0803. The van der Waals surface area contributed by atoms with Crippen molar-refractivity contribution in [1.82, 2.24) is 20.0 Å². The number of carbonyl (C=O) groups excluding carboxylic acids is 2. The van der Waals surface area contributed by atoms with Gasteiger partial charge in [-0.3, -0.25) is 19.5 Å². The van der Waals surface area contributed by atoms with Gasteiger partial charge in [0, 0.05) is 30.9 Å². The van der Waals surface area contributed by atoms with Crippen molar-refractivity contribution >= 4 is 11.8 Å². The normalized spacial score (nSPS) is 22.9. The maximum Gasteiger partial charge on any atom is 0.233 e. The summed E-state index contributed by atoms with van der Waals surface area (Å²) >= 11 is 0. The van der Waals surface area contributed by atoms with E-state index in [1.807, 2.05) is 12.2 Å². The molecule has 2 aliphatic rings. The average Bonchev–Trinajstić information content (AvgIpc) is 3.19. The highest BCUT2D eigenvalue weighted by Crippen LogP contribution is 2.35. The number of pyridine rings is 1. The van der Waals surface area contributed by atoms with Gasteiger partial charge in [-0.1, -0.05) is 17.3 Å². The van der Waals surface area contributed by atoms with Crippen molar-refractivity contribution in [3.05, 3.63) is 42.6 Å². The number of amides is 2. The summed E-state index contributed by atoms with van der Waals surface area (Å²) in [6.07, 6.45) is 8.94. The lowest BCUT2D eigenvalue weighted by Crippen LogP contribution is -2.33. The first-order valence-corrected chi connectivity index (χ1v) is 7.97. The maximum atomic E-state index is 12.4. The molecule has 1 aliphatic carbocycles. The van der Waals surface area contributed by atoms with Crippen molar-refractivity contribution < 1.29 is 14.1 Å². The standard InChI is InChI=1S/C17H16N4O3/c22-16-12-3-1-2-4-13(12)17(23)21(16)10-7-14-19-15(20-24-14)11-5-8-18-9-6-11/h1-2,5-6,8-9,12-13H,3-4,7,10H2/t12-,13+. The van der Waals surface area contributed by atoms with Crippen LogP contribution in [-0.2, 0) is 16.0 Å². The molecule has 24 heavy (non-hydrogen) atoms. The molecule has 0 aromatic carbocycles. The van der Waals surface area contributed by atoms with E-state index in [1.165, 1.54) is 4.90 Å². The zero-order valence-electron chi connectivity index (χ0n) is 13.0. The Morgan fingerprint density at radius 1 is 1.08 bits per heavy atom. The predicted molar refractivity (Wildman–Crippen MR) is 83.3 cm³/mol. The van der Waals surface area contributed by atoms with Gasteiger partial charge < -0.3 is 4.52 Å². The third kappa shape index (κ3) is 2.51. The number of hydrogen-bond donors (Lipinski definition) is 0. The van der Waals surface area contributed by atoms with Gasteiger partial charge >= 0.3 is 0 Å². The van der Waals surface area contributed by atoms with Crippen LogP contribution in [0.4, 0.5) is 0 Å². The van der Waals surface area contributed by atoms with Crippen molar-refractivity contribution in [2.24, 2.45) is 11.8 Å². The van der Waals surface area contributed by atoms with E-state index >= 15 is 0 Å². The van der Waals surface area contributed by atoms with Gasteiger partial charge in [0.1, 0.15) is 0 Å². The van der Waals surface area contributed by atoms with E-state index in [0.29, 0.717) is 31.0 Å². The third-order valence-electron chi connectivity index (χ3n) is 4.55. The van der Waals surface area contributed by atoms with Crippen LogP contribution < -0.4 is 0 Å². The molecule has 7 nitrogen and oxygen atoms in total. The summed E-state index contributed by atoms with van der Waals surface area (Å²) < 4.78 is 5.22. The fourth-order valence-electron chi connectivity index (χ4n) is 3.27. The molecule has 1 fully saturated rings. The van der Waals surface area contributed by atoms with Crippen LogP contribution in [-0.4, -0.2) is 38.4 Å². The number of imide groups is 1. The second-order valence-electron chi connectivity index (χ2n) is 5.98. The molecule has 2 aromatic heterocycles. The summed E-state index contributed by atoms with van der Waals surface area (Å²) in [4.78, 5) is 34.4. The third-order valence-corrected chi connectivity index (χ3v) is 4.55. The van der Waals surface area contributed by atoms with Crippen molar-refractivity contribution in [2.75, 3.05) is 6.54 Å². The van der Waals surface area contributed by atoms with Gasteiger partial charge in [-0.25, -0.2) is 0 Å². The number of fused-ring (bicyclic) bond motifs is 1. The summed E-state index contributed by atoms with van der Waals surface area (Å²) in [6, 6.07) is 3.58. The highest BCUT2D eigenvalue weighted by atomic mass is 16.5. The first kappa shape index (κ1) is 14.7. The van der Waals surface area contributed by atoms with E-state index in [0.717, 1.165) is 5.56 Å². The molecule has 0 spiro atoms. The Bertz CT molecular complexity index is 773. The number of likely N-dealkylation sites (tertiary alicyclic amines) is 1. The quantitative estimate of drug-likeness (QED) is 0.627. The summed E-state index contributed by atoms with van der Waals surface area (Å²) in [7, 11) is 0. The van der Waals surface area contributed by atoms with Crippen LogP contribution in [0.15, 0.2) is 41.2 Å². The van der Waals surface area contributed by atoms with Gasteiger partial charge in [0.15, 0.2) is 0 Å². The molecule has 2 aromatic rings. The number of rotatable bonds is 4. The number of hydrogen-bond acceptors (Lipinski definition) is 6. The number of nitrogens with zero attached hydrogens (tertiary/aromatic N) is 4. The zero-order chi connectivity index (χ0) is 16.5. The summed E-state index contributed by atoms with van der Waals surface area (Å²) in [5, 5.41) is 3.93. The van der Waals surface area contributed by atoms with Crippen LogP contribution in [0.5, 0.6) is 0 Å². The predicted octanol–water partition coefficient (Wildman–Crippen LogP) is 1.63. The van der Waals surface area contributed by atoms with Crippen LogP contribution in [0.25, 0.3) is 11.4 Å². The van der Waals surface area contributed by atoms with E-state index < -0.39 is 0 Å². The summed E-state index contributed by atoms with van der Waals surface area (Å²) in [5.74, 6) is 0.335. The first-order chi connectivity index (χ1) is 11.7. The minimum atomic E-state index is -0.197. The van der Waals surface area contributed by atoms with Gasteiger partial charge in [0.25, 0.3) is 0 Å². The van der Waals surface area contributed by atoms with E-state index in [-0.39, 0.29) is 30.2 Å². The summed E-state index contributed by atoms with van der Waals surface area (Å²) in [6.45, 7) is 0.280. The van der Waals surface area contributed by atoms with E-state index in [2.05, 4.69) is 15.1 Å². The average molecular weight is 324 g/mol. The van der Waals surface area contributed by atoms with Gasteiger partial charge in [0.2, 0.25) is 23.5 Å². The van der Waals surface area contributed by atoms with Gasteiger partial charge in [-0.2, -0.15) is 4.98 Å². The lowest BCUT2D eigenvalue weighted by atomic mass is 9.85. The van der Waals surface area contributed by atoms with Crippen LogP contribution in [0.3, 0.4) is 0 Å². The van der Waals surface area contributed by atoms with Crippen molar-refractivity contribution in [1.29, 1.82) is 0 Å². The topological polar surface area (TPSA) is 89.2 Å². The first-order valence-electron chi connectivity index (χ1n) is 7.97. The number of allylic oxidation sites excluding steroid dienone is 2. The van der Waals surface area contributed by atoms with E-state index in [4.69, 9.17) is 4.52 Å². The molecule has 2 atom stereocenters. The molecule has 0 bridgehead atoms. The zero-order valence-corrected chi connectivity index (χ0v) is 13.0. The monoisotopic (exact) mass is 324 g/mol. The van der Waals surface area contributed by atoms with Gasteiger partial charge in [-0.05, 0) is 25.0 Å².